The first-order chi connectivity index (χ1) is 18.0. The van der Waals surface area contributed by atoms with Crippen molar-refractivity contribution >= 4 is 35.5 Å². The fraction of sp³-hybridized carbons (Fsp3) is 0.348. The van der Waals surface area contributed by atoms with Gasteiger partial charge in [0.15, 0.2) is 0 Å². The number of hydrogen-bond acceptors (Lipinski definition) is 8. The van der Waals surface area contributed by atoms with Crippen molar-refractivity contribution < 1.29 is 33.9 Å². The molecule has 0 fully saturated rings. The lowest BCUT2D eigenvalue weighted by Crippen LogP contribution is -2.58. The number of rotatable bonds is 15. The van der Waals surface area contributed by atoms with Crippen LogP contribution in [-0.2, 0) is 41.6 Å². The van der Waals surface area contributed by atoms with Gasteiger partial charge in [-0.25, -0.2) is 9.78 Å². The van der Waals surface area contributed by atoms with Crippen LogP contribution in [-0.4, -0.2) is 74.7 Å². The molecule has 0 bridgehead atoms. The monoisotopic (exact) mass is 530 g/mol. The minimum absolute atomic E-state index is 0.0834. The number of nitrogens with zero attached hydrogens (tertiary/aromatic N) is 1. The molecule has 15 nitrogen and oxygen atoms in total. The maximum absolute atomic E-state index is 13.2. The maximum atomic E-state index is 13.2. The molecule has 2 rings (SSSR count). The molecular formula is C23H30N8O7. The zero-order chi connectivity index (χ0) is 28.2. The van der Waals surface area contributed by atoms with E-state index in [0.29, 0.717) is 5.69 Å². The highest BCUT2D eigenvalue weighted by Crippen LogP contribution is 2.05. The fourth-order valence-electron chi connectivity index (χ4n) is 3.42. The highest BCUT2D eigenvalue weighted by atomic mass is 16.4. The molecule has 1 aromatic carbocycles. The summed E-state index contributed by atoms with van der Waals surface area (Å²) in [6.45, 7) is 0. The lowest BCUT2D eigenvalue weighted by Gasteiger charge is -2.24. The van der Waals surface area contributed by atoms with Crippen molar-refractivity contribution in [2.24, 2.45) is 17.2 Å². The number of primary amides is 2. The van der Waals surface area contributed by atoms with Crippen LogP contribution >= 0.6 is 0 Å². The smallest absolute Gasteiger partial charge is 0.326 e. The summed E-state index contributed by atoms with van der Waals surface area (Å²) in [7, 11) is 0. The van der Waals surface area contributed by atoms with Gasteiger partial charge in [0.1, 0.15) is 18.1 Å². The Morgan fingerprint density at radius 2 is 1.37 bits per heavy atom. The van der Waals surface area contributed by atoms with Gasteiger partial charge in [0.05, 0.1) is 25.2 Å². The van der Waals surface area contributed by atoms with Crippen LogP contribution in [0.2, 0.25) is 0 Å². The molecule has 0 radical (unpaired) electrons. The maximum Gasteiger partial charge on any atom is 0.326 e. The number of H-pyrrole nitrogens is 1. The van der Waals surface area contributed by atoms with Gasteiger partial charge in [0.25, 0.3) is 0 Å². The molecule has 0 saturated carbocycles. The predicted molar refractivity (Wildman–Crippen MR) is 131 cm³/mol. The summed E-state index contributed by atoms with van der Waals surface area (Å²) >= 11 is 0. The molecule has 2 aromatic rings. The predicted octanol–water partition coefficient (Wildman–Crippen LogP) is -3.19. The van der Waals surface area contributed by atoms with Gasteiger partial charge in [-0.3, -0.25) is 24.0 Å². The number of hydrogen-bond donors (Lipinski definition) is 8. The Morgan fingerprint density at radius 3 is 1.92 bits per heavy atom. The second kappa shape index (κ2) is 14.1. The molecule has 0 saturated heterocycles. The summed E-state index contributed by atoms with van der Waals surface area (Å²) in [5.41, 5.74) is 17.5. The highest BCUT2D eigenvalue weighted by molar-refractivity contribution is 5.96. The van der Waals surface area contributed by atoms with Gasteiger partial charge >= 0.3 is 5.97 Å². The van der Waals surface area contributed by atoms with E-state index in [0.717, 1.165) is 5.56 Å². The van der Waals surface area contributed by atoms with E-state index in [1.54, 1.807) is 24.3 Å². The fourth-order valence-corrected chi connectivity index (χ4v) is 3.42. The number of amides is 5. The molecular weight excluding hydrogens is 500 g/mol. The van der Waals surface area contributed by atoms with E-state index < -0.39 is 72.5 Å². The third kappa shape index (κ3) is 9.69. The molecule has 0 aliphatic heterocycles. The molecule has 15 heteroatoms. The Hall–Kier alpha value is -4.79. The third-order valence-corrected chi connectivity index (χ3v) is 5.31. The number of carboxylic acid groups (broad SMARTS) is 1. The topological polar surface area (TPSA) is 265 Å². The number of imidazole rings is 1. The summed E-state index contributed by atoms with van der Waals surface area (Å²) in [6, 6.07) is 3.36. The Labute approximate surface area is 216 Å². The first-order valence-electron chi connectivity index (χ1n) is 11.4. The zero-order valence-corrected chi connectivity index (χ0v) is 20.3. The summed E-state index contributed by atoms with van der Waals surface area (Å²) in [6.07, 6.45) is 1.47. The minimum Gasteiger partial charge on any atom is -0.480 e. The lowest BCUT2D eigenvalue weighted by molar-refractivity contribution is -0.144. The number of aromatic nitrogens is 2. The first kappa shape index (κ1) is 29.4. The van der Waals surface area contributed by atoms with Crippen LogP contribution in [0.15, 0.2) is 42.9 Å². The van der Waals surface area contributed by atoms with Crippen LogP contribution in [0.25, 0.3) is 0 Å². The van der Waals surface area contributed by atoms with Crippen LogP contribution < -0.4 is 33.2 Å². The molecule has 204 valence electrons. The number of carbonyl (C=O) groups excluding carboxylic acids is 5. The van der Waals surface area contributed by atoms with Gasteiger partial charge in [0, 0.05) is 18.3 Å². The van der Waals surface area contributed by atoms with Crippen molar-refractivity contribution in [1.29, 1.82) is 0 Å². The van der Waals surface area contributed by atoms with Gasteiger partial charge in [0.2, 0.25) is 29.5 Å². The molecule has 11 N–H and O–H groups in total. The molecule has 1 aromatic heterocycles. The molecule has 4 unspecified atom stereocenters. The van der Waals surface area contributed by atoms with Gasteiger partial charge in [-0.2, -0.15) is 0 Å². The van der Waals surface area contributed by atoms with E-state index in [9.17, 15) is 33.9 Å². The van der Waals surface area contributed by atoms with Crippen LogP contribution in [0.3, 0.4) is 0 Å². The first-order valence-corrected chi connectivity index (χ1v) is 11.4. The van der Waals surface area contributed by atoms with E-state index in [2.05, 4.69) is 20.6 Å². The SMILES string of the molecule is NC(=O)CC(NC(=O)C(CC(N)=O)NC(=O)C(Cc1cnc[nH]1)NC(=O)C(N)Cc1ccccc1)C(=O)O. The normalized spacial score (nSPS) is 13.8. The Bertz CT molecular complexity index is 1140. The van der Waals surface area contributed by atoms with Gasteiger partial charge in [-0.15, -0.1) is 0 Å². The highest BCUT2D eigenvalue weighted by Gasteiger charge is 2.32. The van der Waals surface area contributed by atoms with E-state index in [4.69, 9.17) is 17.2 Å². The van der Waals surface area contributed by atoms with E-state index in [1.807, 2.05) is 11.4 Å². The van der Waals surface area contributed by atoms with Crippen LogP contribution in [0, 0.1) is 0 Å². The quantitative estimate of drug-likeness (QED) is 0.115. The molecule has 0 aliphatic rings. The summed E-state index contributed by atoms with van der Waals surface area (Å²) in [5.74, 6) is -6.18. The van der Waals surface area contributed by atoms with Crippen molar-refractivity contribution in [3.05, 3.63) is 54.1 Å². The number of nitrogens with one attached hydrogen (secondary N) is 4. The third-order valence-electron chi connectivity index (χ3n) is 5.31. The van der Waals surface area contributed by atoms with Crippen molar-refractivity contribution in [1.82, 2.24) is 25.9 Å². The average molecular weight is 531 g/mol. The summed E-state index contributed by atoms with van der Waals surface area (Å²) in [5, 5.41) is 16.1. The van der Waals surface area contributed by atoms with Crippen LogP contribution in [0.1, 0.15) is 24.1 Å². The zero-order valence-electron chi connectivity index (χ0n) is 20.3. The van der Waals surface area contributed by atoms with E-state index >= 15 is 0 Å². The number of carboxylic acids is 1. The van der Waals surface area contributed by atoms with E-state index in [-0.39, 0.29) is 12.8 Å². The summed E-state index contributed by atoms with van der Waals surface area (Å²) in [4.78, 5) is 79.4. The number of benzene rings is 1. The summed E-state index contributed by atoms with van der Waals surface area (Å²) < 4.78 is 0. The van der Waals surface area contributed by atoms with Gasteiger partial charge < -0.3 is 43.2 Å². The van der Waals surface area contributed by atoms with Gasteiger partial charge in [-0.1, -0.05) is 30.3 Å². The Balaban J connectivity index is 2.18. The second-order valence-electron chi connectivity index (χ2n) is 8.44. The largest absolute Gasteiger partial charge is 0.480 e. The van der Waals surface area contributed by atoms with Crippen molar-refractivity contribution in [3.8, 4) is 0 Å². The molecule has 38 heavy (non-hydrogen) atoms. The van der Waals surface area contributed by atoms with Crippen LogP contribution in [0.4, 0.5) is 0 Å². The number of nitrogens with two attached hydrogens (primary N) is 3. The Kier molecular flexibility index (Phi) is 10.9. The Morgan fingerprint density at radius 1 is 0.816 bits per heavy atom. The minimum atomic E-state index is -1.70. The van der Waals surface area contributed by atoms with Crippen LogP contribution in [0.5, 0.6) is 0 Å². The molecule has 1 heterocycles. The molecule has 5 amide bonds. The van der Waals surface area contributed by atoms with Crippen molar-refractivity contribution in [2.45, 2.75) is 49.9 Å². The molecule has 4 atom stereocenters. The van der Waals surface area contributed by atoms with Gasteiger partial charge in [-0.05, 0) is 12.0 Å². The number of carbonyl (C=O) groups is 6. The average Bonchev–Trinajstić information content (AvgIpc) is 3.35. The molecule has 0 spiro atoms. The molecule has 0 aliphatic carbocycles. The standard InChI is InChI=1S/C23H30N8O7/c24-14(6-12-4-2-1-3-5-12)20(34)29-15(7-13-10-27-11-28-13)21(35)30-16(8-18(25)32)22(36)31-17(23(37)38)9-19(26)33/h1-5,10-11,14-17H,6-9,24H2,(H2,25,32)(H2,26,33)(H,27,28)(H,29,34)(H,30,35)(H,31,36)(H,37,38). The number of aliphatic carboxylic acids is 1. The second-order valence-corrected chi connectivity index (χ2v) is 8.44. The lowest BCUT2D eigenvalue weighted by atomic mass is 10.0. The van der Waals surface area contributed by atoms with E-state index in [1.165, 1.54) is 12.5 Å². The van der Waals surface area contributed by atoms with Crippen molar-refractivity contribution in [3.63, 3.8) is 0 Å². The number of aromatic amines is 1. The van der Waals surface area contributed by atoms with Crippen molar-refractivity contribution in [2.75, 3.05) is 0 Å².